The molecule has 8 aromatic rings. The SMILES string of the molecule is COc1cc(C2C3C(=O)c4cc5cc(c4)C(=O)C4C(C(=O)c6cc(cc(c6)C(=O)C6C(C5=O)C(c5ccccc5)C6c5cc(OC)c(OC)c(OC)c5)C(=O)C3C2c2ccccc2)C(c2cc(OC)c(OC)c(OC)c2)C4c2ccccc2)cc(OC)c1OC. The van der Waals surface area contributed by atoms with Gasteiger partial charge in [-0.2, -0.15) is 0 Å². The second-order valence-corrected chi connectivity index (χ2v) is 23.7. The van der Waals surface area contributed by atoms with Crippen molar-refractivity contribution in [2.24, 2.45) is 35.5 Å². The monoisotopic (exact) mass is 1210 g/mol. The van der Waals surface area contributed by atoms with Gasteiger partial charge in [-0.3, -0.25) is 28.8 Å². The molecule has 6 bridgehead atoms. The molecule has 0 spiro atoms. The van der Waals surface area contributed by atoms with Crippen LogP contribution in [0.4, 0.5) is 0 Å². The lowest BCUT2D eigenvalue weighted by atomic mass is 9.47. The molecule has 0 saturated heterocycles. The van der Waals surface area contributed by atoms with Gasteiger partial charge in [0.1, 0.15) is 0 Å². The molecule has 0 amide bonds. The molecule has 14 rings (SSSR count). The summed E-state index contributed by atoms with van der Waals surface area (Å²) in [4.78, 5) is 99.7. The topological polar surface area (TPSA) is 185 Å². The Balaban J connectivity index is 1.12. The van der Waals surface area contributed by atoms with Crippen LogP contribution in [-0.4, -0.2) is 98.7 Å². The predicted octanol–water partition coefficient (Wildman–Crippen LogP) is 13.0. The maximum absolute atomic E-state index is 16.7. The number of rotatable bonds is 15. The van der Waals surface area contributed by atoms with Gasteiger partial charge in [0.05, 0.1) is 64.0 Å². The largest absolute Gasteiger partial charge is 0.493 e. The van der Waals surface area contributed by atoms with E-state index < -0.39 is 106 Å². The fourth-order valence-corrected chi connectivity index (χ4v) is 15.9. The van der Waals surface area contributed by atoms with Gasteiger partial charge in [0.25, 0.3) is 0 Å². The lowest BCUT2D eigenvalue weighted by Crippen LogP contribution is -2.53. The highest BCUT2D eigenvalue weighted by Crippen LogP contribution is 2.65. The quantitative estimate of drug-likeness (QED) is 0.0943. The fraction of sp³-hybridized carbons (Fsp3) is 0.280. The van der Waals surface area contributed by atoms with Crippen LogP contribution in [0.25, 0.3) is 0 Å². The van der Waals surface area contributed by atoms with Crippen molar-refractivity contribution in [3.05, 3.63) is 231 Å². The molecule has 15 nitrogen and oxygen atoms in total. The lowest BCUT2D eigenvalue weighted by molar-refractivity contribution is 0.0435. The molecular weight excluding hydrogens is 1140 g/mol. The van der Waals surface area contributed by atoms with E-state index in [2.05, 4.69) is 0 Å². The Kier molecular flexibility index (Phi) is 15.4. The Morgan fingerprint density at radius 2 is 0.367 bits per heavy atom. The molecule has 6 aliphatic carbocycles. The van der Waals surface area contributed by atoms with Gasteiger partial charge in [0, 0.05) is 104 Å². The van der Waals surface area contributed by atoms with Crippen LogP contribution in [0.3, 0.4) is 0 Å². The van der Waals surface area contributed by atoms with Crippen LogP contribution in [0, 0.1) is 35.5 Å². The van der Waals surface area contributed by atoms with Crippen molar-refractivity contribution < 1.29 is 71.4 Å². The summed E-state index contributed by atoms with van der Waals surface area (Å²) in [6.07, 6.45) is 0. The summed E-state index contributed by atoms with van der Waals surface area (Å²) in [6.45, 7) is 0. The molecule has 0 aromatic heterocycles. The Hall–Kier alpha value is -10.0. The molecule has 3 saturated carbocycles. The average Bonchev–Trinajstić information content (AvgIpc) is 0.733. The number of hydrogen-bond acceptors (Lipinski definition) is 15. The summed E-state index contributed by atoms with van der Waals surface area (Å²) in [6, 6.07) is 48.0. The van der Waals surface area contributed by atoms with Crippen molar-refractivity contribution in [3.63, 3.8) is 0 Å². The Morgan fingerprint density at radius 1 is 0.200 bits per heavy atom. The predicted molar refractivity (Wildman–Crippen MR) is 334 cm³/mol. The first-order chi connectivity index (χ1) is 43.7. The van der Waals surface area contributed by atoms with E-state index in [1.165, 1.54) is 100 Å². The van der Waals surface area contributed by atoms with Crippen molar-refractivity contribution in [1.82, 2.24) is 0 Å². The van der Waals surface area contributed by atoms with Gasteiger partial charge in [-0.15, -0.1) is 0 Å². The van der Waals surface area contributed by atoms with E-state index in [1.807, 2.05) is 91.0 Å². The van der Waals surface area contributed by atoms with E-state index in [-0.39, 0.29) is 33.4 Å². The summed E-state index contributed by atoms with van der Waals surface area (Å²) >= 11 is 0. The minimum absolute atomic E-state index is 0.00112. The molecule has 6 aliphatic rings. The van der Waals surface area contributed by atoms with Gasteiger partial charge in [0.15, 0.2) is 69.2 Å². The van der Waals surface area contributed by atoms with Crippen LogP contribution >= 0.6 is 0 Å². The van der Waals surface area contributed by atoms with Crippen molar-refractivity contribution in [2.45, 2.75) is 35.5 Å². The zero-order chi connectivity index (χ0) is 63.0. The van der Waals surface area contributed by atoms with E-state index in [0.717, 1.165) is 16.7 Å². The number of ether oxygens (including phenoxy) is 9. The van der Waals surface area contributed by atoms with Gasteiger partial charge in [-0.05, 0) is 106 Å². The van der Waals surface area contributed by atoms with E-state index >= 15 is 28.8 Å². The van der Waals surface area contributed by atoms with Crippen LogP contribution in [0.1, 0.15) is 131 Å². The van der Waals surface area contributed by atoms with Crippen LogP contribution in [0.2, 0.25) is 0 Å². The molecule has 456 valence electrons. The van der Waals surface area contributed by atoms with Gasteiger partial charge in [-0.25, -0.2) is 0 Å². The van der Waals surface area contributed by atoms with Crippen molar-refractivity contribution >= 4 is 34.7 Å². The van der Waals surface area contributed by atoms with Crippen LogP contribution in [-0.2, 0) is 0 Å². The van der Waals surface area contributed by atoms with Gasteiger partial charge in [-0.1, -0.05) is 91.0 Å². The van der Waals surface area contributed by atoms with E-state index in [9.17, 15) is 0 Å². The van der Waals surface area contributed by atoms with Gasteiger partial charge < -0.3 is 42.6 Å². The molecule has 15 heteroatoms. The number of carbonyl (C=O) groups excluding carboxylic acids is 6. The lowest BCUT2D eigenvalue weighted by Gasteiger charge is -2.53. The number of ketones is 6. The van der Waals surface area contributed by atoms with Crippen molar-refractivity contribution in [1.29, 1.82) is 0 Å². The molecule has 8 aromatic carbocycles. The molecule has 0 radical (unpaired) electrons. The third-order valence-electron chi connectivity index (χ3n) is 19.8. The van der Waals surface area contributed by atoms with Crippen molar-refractivity contribution in [2.75, 3.05) is 64.0 Å². The van der Waals surface area contributed by atoms with Gasteiger partial charge >= 0.3 is 0 Å². The molecule has 12 atom stereocenters. The van der Waals surface area contributed by atoms with Crippen LogP contribution in [0.5, 0.6) is 51.7 Å². The van der Waals surface area contributed by atoms with E-state index in [1.54, 1.807) is 36.4 Å². The highest BCUT2D eigenvalue weighted by atomic mass is 16.5. The molecule has 0 aliphatic heterocycles. The zero-order valence-electron chi connectivity index (χ0n) is 51.1. The smallest absolute Gasteiger partial charge is 0.203 e. The average molecular weight is 1210 g/mol. The highest BCUT2D eigenvalue weighted by Gasteiger charge is 2.63. The second-order valence-electron chi connectivity index (χ2n) is 23.7. The Morgan fingerprint density at radius 3 is 0.522 bits per heavy atom. The molecule has 12 unspecified atom stereocenters. The third kappa shape index (κ3) is 9.21. The van der Waals surface area contributed by atoms with Crippen molar-refractivity contribution in [3.8, 4) is 51.7 Å². The number of methoxy groups -OCH3 is 9. The zero-order valence-corrected chi connectivity index (χ0v) is 51.1. The fourth-order valence-electron chi connectivity index (χ4n) is 15.9. The first-order valence-corrected chi connectivity index (χ1v) is 29.9. The molecule has 90 heavy (non-hydrogen) atoms. The maximum atomic E-state index is 16.7. The number of carbonyl (C=O) groups is 6. The number of Topliss-reactive ketones (excluding diaryl/α,β-unsaturated/α-hetero) is 6. The standard InChI is InChI=1S/C75H66O15/c1-82-49-31-40(32-50(83-2)73(49)88-7)58-57(39-23-17-12-18-24-39)63-64(58)70(79)46-26-43-25-44(27-46)68(77)62-56(38-21-15-11-16-22-38)60(42-35-53(86-5)75(90-9)54(36-42)87-6)66(62)72(81)48-29-45(69(63)78)28-47(30-48)71(80)65-59(41-33-51(84-3)74(89-8)52(34-41)85-4)55(61(65)67(43)76)37-19-13-10-14-20-37/h10-36,55-66H,1-9H3. The normalized spacial score (nSPS) is 24.6. The first-order valence-electron chi connectivity index (χ1n) is 29.9. The van der Waals surface area contributed by atoms with Crippen LogP contribution in [0.15, 0.2) is 164 Å². The summed E-state index contributed by atoms with van der Waals surface area (Å²) < 4.78 is 52.8. The summed E-state index contributed by atoms with van der Waals surface area (Å²) in [7, 11) is 13.5. The number of benzene rings is 8. The minimum Gasteiger partial charge on any atom is -0.493 e. The molecule has 0 heterocycles. The molecular formula is C75H66O15. The highest BCUT2D eigenvalue weighted by molar-refractivity contribution is 6.17. The van der Waals surface area contributed by atoms with Gasteiger partial charge in [0.2, 0.25) is 17.2 Å². The Bertz CT molecular complexity index is 3950. The first kappa shape index (κ1) is 59.0. The molecule has 0 N–H and O–H groups in total. The second kappa shape index (κ2) is 23.5. The van der Waals surface area contributed by atoms with Crippen LogP contribution < -0.4 is 42.6 Å². The van der Waals surface area contributed by atoms with E-state index in [4.69, 9.17) is 42.6 Å². The minimum atomic E-state index is -1.17. The summed E-state index contributed by atoms with van der Waals surface area (Å²) in [5.74, 6) is -11.4. The summed E-state index contributed by atoms with van der Waals surface area (Å²) in [5.41, 5.74) is 3.97. The Labute approximate surface area is 521 Å². The number of hydrogen-bond donors (Lipinski definition) is 0. The van der Waals surface area contributed by atoms with E-state index in [0.29, 0.717) is 68.4 Å². The molecule has 3 fully saturated rings. The maximum Gasteiger partial charge on any atom is 0.203 e. The summed E-state index contributed by atoms with van der Waals surface area (Å²) in [5, 5.41) is 0. The third-order valence-corrected chi connectivity index (χ3v) is 19.8.